The summed E-state index contributed by atoms with van der Waals surface area (Å²) in [6, 6.07) is 10.3. The molecule has 2 aromatic carbocycles. The van der Waals surface area contributed by atoms with Gasteiger partial charge in [0.25, 0.3) is 5.22 Å². The second kappa shape index (κ2) is 8.63. The summed E-state index contributed by atoms with van der Waals surface area (Å²) in [6.07, 6.45) is 0. The predicted octanol–water partition coefficient (Wildman–Crippen LogP) is 4.14. The normalized spacial score (nSPS) is 10.6. The van der Waals surface area contributed by atoms with Crippen LogP contribution in [0.2, 0.25) is 0 Å². The van der Waals surface area contributed by atoms with Crippen molar-refractivity contribution >= 4 is 23.4 Å². The molecule has 3 rings (SSSR count). The zero-order valence-electron chi connectivity index (χ0n) is 14.2. The Hall–Kier alpha value is -2.94. The van der Waals surface area contributed by atoms with Crippen molar-refractivity contribution in [1.29, 1.82) is 0 Å². The highest BCUT2D eigenvalue weighted by molar-refractivity contribution is 7.99. The fourth-order valence-corrected chi connectivity index (χ4v) is 2.71. The van der Waals surface area contributed by atoms with Gasteiger partial charge >= 0.3 is 0 Å². The van der Waals surface area contributed by atoms with Crippen LogP contribution >= 0.6 is 11.8 Å². The van der Waals surface area contributed by atoms with Crippen LogP contribution in [-0.2, 0) is 4.79 Å². The van der Waals surface area contributed by atoms with Gasteiger partial charge in [0.15, 0.2) is 11.6 Å². The van der Waals surface area contributed by atoms with Gasteiger partial charge in [0.1, 0.15) is 5.75 Å². The van der Waals surface area contributed by atoms with E-state index in [-0.39, 0.29) is 16.7 Å². The minimum Gasteiger partial charge on any atom is -0.494 e. The number of nitrogens with one attached hydrogen (secondary N) is 1. The van der Waals surface area contributed by atoms with E-state index in [4.69, 9.17) is 9.15 Å². The van der Waals surface area contributed by atoms with Gasteiger partial charge in [-0.1, -0.05) is 11.8 Å². The molecule has 27 heavy (non-hydrogen) atoms. The minimum absolute atomic E-state index is 0.0239. The van der Waals surface area contributed by atoms with E-state index in [9.17, 15) is 13.6 Å². The number of anilines is 1. The first-order valence-corrected chi connectivity index (χ1v) is 8.98. The van der Waals surface area contributed by atoms with Gasteiger partial charge in [-0.05, 0) is 43.3 Å². The topological polar surface area (TPSA) is 77.2 Å². The van der Waals surface area contributed by atoms with Crippen molar-refractivity contribution in [3.8, 4) is 17.2 Å². The van der Waals surface area contributed by atoms with Crippen LogP contribution in [0.25, 0.3) is 11.5 Å². The van der Waals surface area contributed by atoms with Crippen LogP contribution < -0.4 is 10.1 Å². The van der Waals surface area contributed by atoms with Crippen LogP contribution in [0, 0.1) is 11.6 Å². The van der Waals surface area contributed by atoms with E-state index in [1.165, 1.54) is 6.07 Å². The summed E-state index contributed by atoms with van der Waals surface area (Å²) in [4.78, 5) is 11.9. The molecule has 0 unspecified atom stereocenters. The molecule has 140 valence electrons. The zero-order chi connectivity index (χ0) is 19.2. The maximum atomic E-state index is 13.1. The van der Waals surface area contributed by atoms with Crippen molar-refractivity contribution in [2.24, 2.45) is 0 Å². The number of halogens is 2. The number of ether oxygens (including phenoxy) is 1. The van der Waals surface area contributed by atoms with Gasteiger partial charge in [-0.2, -0.15) is 0 Å². The fourth-order valence-electron chi connectivity index (χ4n) is 2.14. The number of nitrogens with zero attached hydrogens (tertiary/aromatic N) is 2. The molecule has 0 bridgehead atoms. The van der Waals surface area contributed by atoms with Crippen molar-refractivity contribution in [2.75, 3.05) is 17.7 Å². The number of carbonyl (C=O) groups is 1. The minimum atomic E-state index is -1.03. The van der Waals surface area contributed by atoms with Crippen molar-refractivity contribution in [3.63, 3.8) is 0 Å². The first kappa shape index (κ1) is 18.8. The van der Waals surface area contributed by atoms with Gasteiger partial charge in [-0.15, -0.1) is 10.2 Å². The third-order valence-corrected chi connectivity index (χ3v) is 4.17. The lowest BCUT2D eigenvalue weighted by molar-refractivity contribution is -0.113. The van der Waals surface area contributed by atoms with E-state index in [1.807, 2.05) is 6.92 Å². The average Bonchev–Trinajstić information content (AvgIpc) is 3.13. The van der Waals surface area contributed by atoms with Crippen LogP contribution in [0.1, 0.15) is 6.92 Å². The maximum Gasteiger partial charge on any atom is 0.277 e. The maximum absolute atomic E-state index is 13.1. The smallest absolute Gasteiger partial charge is 0.277 e. The molecule has 1 aromatic heterocycles. The number of thioether (sulfide) groups is 1. The molecule has 1 heterocycles. The molecule has 1 amide bonds. The van der Waals surface area contributed by atoms with Gasteiger partial charge in [0, 0.05) is 17.3 Å². The Bertz CT molecular complexity index is 932. The summed E-state index contributed by atoms with van der Waals surface area (Å²) in [5.41, 5.74) is 0.893. The van der Waals surface area contributed by atoms with Crippen LogP contribution in [0.15, 0.2) is 52.1 Å². The van der Waals surface area contributed by atoms with Gasteiger partial charge in [-0.3, -0.25) is 4.79 Å². The average molecular weight is 391 g/mol. The van der Waals surface area contributed by atoms with E-state index in [2.05, 4.69) is 15.5 Å². The Morgan fingerprint density at radius 2 is 1.93 bits per heavy atom. The van der Waals surface area contributed by atoms with Crippen LogP contribution in [0.5, 0.6) is 5.75 Å². The summed E-state index contributed by atoms with van der Waals surface area (Å²) in [5, 5.41) is 10.5. The third kappa shape index (κ3) is 5.04. The van der Waals surface area contributed by atoms with Gasteiger partial charge in [0.2, 0.25) is 11.8 Å². The number of rotatable bonds is 7. The predicted molar refractivity (Wildman–Crippen MR) is 96.6 cm³/mol. The molecule has 3 aromatic rings. The van der Waals surface area contributed by atoms with Gasteiger partial charge in [0.05, 0.1) is 12.4 Å². The Morgan fingerprint density at radius 3 is 2.63 bits per heavy atom. The van der Waals surface area contributed by atoms with Gasteiger partial charge in [-0.25, -0.2) is 8.78 Å². The summed E-state index contributed by atoms with van der Waals surface area (Å²) in [6.45, 7) is 2.48. The van der Waals surface area contributed by atoms with E-state index < -0.39 is 17.5 Å². The summed E-state index contributed by atoms with van der Waals surface area (Å²) in [5.74, 6) is -1.38. The highest BCUT2D eigenvalue weighted by Gasteiger charge is 2.12. The van der Waals surface area contributed by atoms with Crippen LogP contribution in [0.3, 0.4) is 0 Å². The molecular weight excluding hydrogens is 376 g/mol. The molecule has 0 aliphatic carbocycles. The zero-order valence-corrected chi connectivity index (χ0v) is 15.1. The molecule has 0 radical (unpaired) electrons. The summed E-state index contributed by atoms with van der Waals surface area (Å²) in [7, 11) is 0. The quantitative estimate of drug-likeness (QED) is 0.610. The lowest BCUT2D eigenvalue weighted by Crippen LogP contribution is -2.14. The third-order valence-electron chi connectivity index (χ3n) is 3.35. The van der Waals surface area contributed by atoms with Crippen molar-refractivity contribution in [3.05, 3.63) is 54.1 Å². The van der Waals surface area contributed by atoms with E-state index in [0.717, 1.165) is 35.2 Å². The largest absolute Gasteiger partial charge is 0.494 e. The summed E-state index contributed by atoms with van der Waals surface area (Å²) < 4.78 is 36.9. The number of carbonyl (C=O) groups excluding carboxylic acids is 1. The highest BCUT2D eigenvalue weighted by atomic mass is 32.2. The monoisotopic (exact) mass is 391 g/mol. The number of hydrogen-bond acceptors (Lipinski definition) is 6. The first-order chi connectivity index (χ1) is 13.0. The van der Waals surface area contributed by atoms with Crippen LogP contribution in [-0.4, -0.2) is 28.5 Å². The fraction of sp³-hybridized carbons (Fsp3) is 0.167. The Kier molecular flexibility index (Phi) is 6.02. The lowest BCUT2D eigenvalue weighted by atomic mass is 10.2. The van der Waals surface area contributed by atoms with Gasteiger partial charge < -0.3 is 14.5 Å². The van der Waals surface area contributed by atoms with Crippen molar-refractivity contribution < 1.29 is 22.7 Å². The molecule has 0 aliphatic heterocycles. The highest BCUT2D eigenvalue weighted by Crippen LogP contribution is 2.25. The SMILES string of the molecule is CCOc1ccc(-c2nnc(SCC(=O)Nc3ccc(F)c(F)c3)o2)cc1. The second-order valence-electron chi connectivity index (χ2n) is 5.30. The van der Waals surface area contributed by atoms with E-state index in [0.29, 0.717) is 12.5 Å². The molecule has 6 nitrogen and oxygen atoms in total. The Labute approximate surface area is 157 Å². The molecule has 1 N–H and O–H groups in total. The Morgan fingerprint density at radius 1 is 1.15 bits per heavy atom. The summed E-state index contributed by atoms with van der Waals surface area (Å²) >= 11 is 1.04. The second-order valence-corrected chi connectivity index (χ2v) is 6.22. The molecule has 0 spiro atoms. The standard InChI is InChI=1S/C18H15F2N3O3S/c1-2-25-13-6-3-11(4-7-13)17-22-23-18(26-17)27-10-16(24)21-12-5-8-14(19)15(20)9-12/h3-9H,2,10H2,1H3,(H,21,24). The van der Waals surface area contributed by atoms with Crippen LogP contribution in [0.4, 0.5) is 14.5 Å². The first-order valence-electron chi connectivity index (χ1n) is 7.99. The van der Waals surface area contributed by atoms with E-state index >= 15 is 0 Å². The molecule has 9 heteroatoms. The van der Waals surface area contributed by atoms with Crippen molar-refractivity contribution in [2.45, 2.75) is 12.1 Å². The molecule has 0 aliphatic rings. The molecule has 0 saturated carbocycles. The molecule has 0 saturated heterocycles. The number of aromatic nitrogens is 2. The van der Waals surface area contributed by atoms with Crippen molar-refractivity contribution in [1.82, 2.24) is 10.2 Å². The Balaban J connectivity index is 1.55. The van der Waals surface area contributed by atoms with E-state index in [1.54, 1.807) is 24.3 Å². The number of hydrogen-bond donors (Lipinski definition) is 1. The number of benzene rings is 2. The molecular formula is C18H15F2N3O3S. The molecule has 0 atom stereocenters. The lowest BCUT2D eigenvalue weighted by Gasteiger charge is -2.04. The molecule has 0 fully saturated rings. The number of amides is 1.